The molecule has 31 heavy (non-hydrogen) atoms. The molecule has 2 aromatic carbocycles. The number of thioether (sulfide) groups is 1. The first-order chi connectivity index (χ1) is 14.9. The molecule has 11 heteroatoms. The van der Waals surface area contributed by atoms with Gasteiger partial charge in [-0.2, -0.15) is 4.99 Å². The third kappa shape index (κ3) is 5.98. The van der Waals surface area contributed by atoms with E-state index >= 15 is 0 Å². The number of amides is 1. The van der Waals surface area contributed by atoms with E-state index < -0.39 is 10.9 Å². The molecular weight excluding hydrogens is 445 g/mol. The molecule has 1 amide bonds. The van der Waals surface area contributed by atoms with Crippen LogP contribution in [0.25, 0.3) is 10.2 Å². The molecule has 0 aliphatic carbocycles. The summed E-state index contributed by atoms with van der Waals surface area (Å²) in [6.07, 6.45) is 0.762. The summed E-state index contributed by atoms with van der Waals surface area (Å²) in [5.74, 6) is -0.560. The van der Waals surface area contributed by atoms with Crippen LogP contribution < -0.4 is 4.80 Å². The molecule has 0 fully saturated rings. The molecule has 3 rings (SSSR count). The first kappa shape index (κ1) is 22.6. The normalized spacial score (nSPS) is 11.6. The number of carbonyl (C=O) groups is 2. The highest BCUT2D eigenvalue weighted by atomic mass is 32.2. The topological polar surface area (TPSA) is 104 Å². The van der Waals surface area contributed by atoms with Gasteiger partial charge in [0.05, 0.1) is 22.2 Å². The summed E-state index contributed by atoms with van der Waals surface area (Å²) in [5.41, 5.74) is 0.308. The quantitative estimate of drug-likeness (QED) is 0.165. The summed E-state index contributed by atoms with van der Waals surface area (Å²) in [7, 11) is 1.24. The second-order valence-corrected chi connectivity index (χ2v) is 8.54. The summed E-state index contributed by atoms with van der Waals surface area (Å²) in [4.78, 5) is 40.1. The Kier molecular flexibility index (Phi) is 7.53. The van der Waals surface area contributed by atoms with E-state index in [0.29, 0.717) is 22.4 Å². The van der Waals surface area contributed by atoms with Gasteiger partial charge in [0.2, 0.25) is 5.91 Å². The zero-order chi connectivity index (χ0) is 22.4. The van der Waals surface area contributed by atoms with Crippen LogP contribution in [0.3, 0.4) is 0 Å². The summed E-state index contributed by atoms with van der Waals surface area (Å²) in [6.45, 7) is -0.218. The highest BCUT2D eigenvalue weighted by Crippen LogP contribution is 2.23. The molecule has 0 aliphatic heterocycles. The molecular formula is C20H18FN3O5S2. The lowest BCUT2D eigenvalue weighted by Crippen LogP contribution is -2.22. The van der Waals surface area contributed by atoms with Gasteiger partial charge < -0.3 is 9.30 Å². The number of nitrogens with zero attached hydrogens (tertiary/aromatic N) is 3. The van der Waals surface area contributed by atoms with E-state index in [9.17, 15) is 24.1 Å². The number of hydrogen-bond acceptors (Lipinski definition) is 7. The van der Waals surface area contributed by atoms with E-state index in [1.165, 1.54) is 59.0 Å². The number of hydrogen-bond donors (Lipinski definition) is 0. The smallest absolute Gasteiger partial charge is 0.325 e. The largest absolute Gasteiger partial charge is 0.468 e. The average molecular weight is 464 g/mol. The maximum Gasteiger partial charge on any atom is 0.325 e. The highest BCUT2D eigenvalue weighted by Gasteiger charge is 2.15. The van der Waals surface area contributed by atoms with Gasteiger partial charge in [0, 0.05) is 23.4 Å². The number of fused-ring (bicyclic) bond motifs is 1. The number of nitro benzene ring substituents is 1. The predicted molar refractivity (Wildman–Crippen MR) is 115 cm³/mol. The molecule has 0 saturated carbocycles. The highest BCUT2D eigenvalue weighted by molar-refractivity contribution is 7.99. The minimum absolute atomic E-state index is 0.125. The van der Waals surface area contributed by atoms with Crippen molar-refractivity contribution < 1.29 is 23.6 Å². The van der Waals surface area contributed by atoms with E-state index in [2.05, 4.69) is 4.99 Å². The van der Waals surface area contributed by atoms with Gasteiger partial charge in [-0.3, -0.25) is 19.7 Å². The van der Waals surface area contributed by atoms with Crippen molar-refractivity contribution in [3.05, 3.63) is 63.2 Å². The number of esters is 1. The minimum atomic E-state index is -0.559. The number of nitro groups is 1. The molecule has 0 spiro atoms. The molecule has 1 heterocycles. The zero-order valence-corrected chi connectivity index (χ0v) is 18.1. The van der Waals surface area contributed by atoms with Gasteiger partial charge in [-0.1, -0.05) is 11.3 Å². The van der Waals surface area contributed by atoms with Gasteiger partial charge in [0.15, 0.2) is 4.80 Å². The number of carbonyl (C=O) groups excluding carboxylic acids is 2. The number of benzene rings is 2. The second-order valence-electron chi connectivity index (χ2n) is 6.37. The lowest BCUT2D eigenvalue weighted by molar-refractivity contribution is -0.384. The Balaban J connectivity index is 1.76. The molecule has 162 valence electrons. The van der Waals surface area contributed by atoms with Crippen LogP contribution in [0, 0.1) is 15.9 Å². The van der Waals surface area contributed by atoms with Crippen LogP contribution in [0.15, 0.2) is 52.4 Å². The molecule has 0 atom stereocenters. The van der Waals surface area contributed by atoms with Crippen LogP contribution in [0.5, 0.6) is 0 Å². The van der Waals surface area contributed by atoms with Crippen molar-refractivity contribution in [1.29, 1.82) is 0 Å². The molecule has 0 unspecified atom stereocenters. The van der Waals surface area contributed by atoms with E-state index in [0.717, 1.165) is 4.90 Å². The van der Waals surface area contributed by atoms with Gasteiger partial charge in [-0.05, 0) is 42.5 Å². The molecule has 0 N–H and O–H groups in total. The number of halogens is 1. The zero-order valence-electron chi connectivity index (χ0n) is 16.4. The third-order valence-electron chi connectivity index (χ3n) is 4.23. The first-order valence-corrected chi connectivity index (χ1v) is 11.0. The number of non-ortho nitro benzene ring substituents is 1. The lowest BCUT2D eigenvalue weighted by atomic mass is 10.3. The Labute approximate surface area is 184 Å². The van der Waals surface area contributed by atoms with Crippen LogP contribution >= 0.6 is 23.1 Å². The maximum atomic E-state index is 12.9. The van der Waals surface area contributed by atoms with Crippen molar-refractivity contribution in [3.63, 3.8) is 0 Å². The molecule has 0 aliphatic rings. The number of rotatable bonds is 8. The Hall–Kier alpha value is -3.05. The van der Waals surface area contributed by atoms with E-state index in [4.69, 9.17) is 4.74 Å². The Morgan fingerprint density at radius 3 is 2.68 bits per heavy atom. The fraction of sp³-hybridized carbons (Fsp3) is 0.250. The molecule has 8 nitrogen and oxygen atoms in total. The van der Waals surface area contributed by atoms with Crippen LogP contribution in [0.1, 0.15) is 12.8 Å². The number of methoxy groups -OCH3 is 1. The molecule has 3 aromatic rings. The first-order valence-electron chi connectivity index (χ1n) is 9.18. The fourth-order valence-corrected chi connectivity index (χ4v) is 4.59. The van der Waals surface area contributed by atoms with Crippen LogP contribution in [0.4, 0.5) is 10.1 Å². The number of aromatic nitrogens is 1. The van der Waals surface area contributed by atoms with Crippen molar-refractivity contribution in [2.24, 2.45) is 4.99 Å². The predicted octanol–water partition coefficient (Wildman–Crippen LogP) is 3.92. The van der Waals surface area contributed by atoms with Crippen molar-refractivity contribution in [2.45, 2.75) is 24.3 Å². The van der Waals surface area contributed by atoms with Gasteiger partial charge >= 0.3 is 5.97 Å². The van der Waals surface area contributed by atoms with Crippen molar-refractivity contribution in [2.75, 3.05) is 12.9 Å². The van der Waals surface area contributed by atoms with Crippen molar-refractivity contribution in [1.82, 2.24) is 4.57 Å². The monoisotopic (exact) mass is 463 g/mol. The molecule has 1 aromatic heterocycles. The summed E-state index contributed by atoms with van der Waals surface area (Å²) in [5, 5.41) is 11.1. The molecule has 0 bridgehead atoms. The number of ether oxygens (including phenoxy) is 1. The molecule has 0 saturated heterocycles. The summed E-state index contributed by atoms with van der Waals surface area (Å²) < 4.78 is 19.7. The van der Waals surface area contributed by atoms with Crippen molar-refractivity contribution >= 4 is 50.9 Å². The SMILES string of the molecule is COC(=O)Cn1c(=NC(=O)CCCSc2ccc(F)cc2)sc2ccc([N+](=O)[O-])cc21. The van der Waals surface area contributed by atoms with Gasteiger partial charge in [-0.25, -0.2) is 4.39 Å². The Bertz CT molecular complexity index is 1190. The Morgan fingerprint density at radius 2 is 2.00 bits per heavy atom. The van der Waals surface area contributed by atoms with Crippen LogP contribution in [-0.4, -0.2) is 34.2 Å². The maximum absolute atomic E-state index is 12.9. The minimum Gasteiger partial charge on any atom is -0.468 e. The molecule has 0 radical (unpaired) electrons. The van der Waals surface area contributed by atoms with Gasteiger partial charge in [0.25, 0.3) is 5.69 Å². The Morgan fingerprint density at radius 1 is 1.26 bits per heavy atom. The van der Waals surface area contributed by atoms with E-state index in [1.807, 2.05) is 0 Å². The van der Waals surface area contributed by atoms with Crippen molar-refractivity contribution in [3.8, 4) is 0 Å². The van der Waals surface area contributed by atoms with Crippen LogP contribution in [0.2, 0.25) is 0 Å². The van der Waals surface area contributed by atoms with E-state index in [1.54, 1.807) is 18.2 Å². The lowest BCUT2D eigenvalue weighted by Gasteiger charge is -2.03. The average Bonchev–Trinajstić information content (AvgIpc) is 3.08. The summed E-state index contributed by atoms with van der Waals surface area (Å²) in [6, 6.07) is 10.4. The summed E-state index contributed by atoms with van der Waals surface area (Å²) >= 11 is 2.68. The van der Waals surface area contributed by atoms with Gasteiger partial charge in [0.1, 0.15) is 12.4 Å². The number of thiazole rings is 1. The van der Waals surface area contributed by atoms with E-state index in [-0.39, 0.29) is 35.2 Å². The fourth-order valence-electron chi connectivity index (χ4n) is 2.71. The van der Waals surface area contributed by atoms with Crippen LogP contribution in [-0.2, 0) is 20.9 Å². The standard InChI is InChI=1S/C20H18FN3O5S2/c1-29-19(26)12-23-16-11-14(24(27)28)6-9-17(16)31-20(23)22-18(25)3-2-10-30-15-7-4-13(21)5-8-15/h4-9,11H,2-3,10,12H2,1H3. The van der Waals surface area contributed by atoms with Gasteiger partial charge in [-0.15, -0.1) is 11.8 Å². The second kappa shape index (κ2) is 10.3. The third-order valence-corrected chi connectivity index (χ3v) is 6.39.